The monoisotopic (exact) mass is 557 g/mol. The first-order valence-corrected chi connectivity index (χ1v) is 8.36. The van der Waals surface area contributed by atoms with Gasteiger partial charge in [0.2, 0.25) is 5.91 Å². The Hall–Kier alpha value is -0.420. The summed E-state index contributed by atoms with van der Waals surface area (Å²) in [4.78, 5) is 11.5. The molecule has 0 rings (SSSR count). The van der Waals surface area contributed by atoms with Crippen LogP contribution in [0.3, 0.4) is 0 Å². The quantitative estimate of drug-likeness (QED) is 0.266. The van der Waals surface area contributed by atoms with Crippen molar-refractivity contribution < 1.29 is 63.3 Å². The fraction of sp³-hybridized carbons (Fsp3) is 0.900. The summed E-state index contributed by atoms with van der Waals surface area (Å²) in [5.41, 5.74) is -13.8. The van der Waals surface area contributed by atoms with Crippen molar-refractivity contribution in [2.45, 2.75) is 35.8 Å². The molecule has 0 aromatic heterocycles. The topological polar surface area (TPSA) is 69.6 Å². The molecule has 27 heavy (non-hydrogen) atoms. The summed E-state index contributed by atoms with van der Waals surface area (Å²) in [6.45, 7) is 0. The molecule has 0 bridgehead atoms. The van der Waals surface area contributed by atoms with E-state index in [0.29, 0.717) is 0 Å². The summed E-state index contributed by atoms with van der Waals surface area (Å²) in [7, 11) is 0. The zero-order chi connectivity index (χ0) is 22.3. The molecule has 0 saturated carbocycles. The van der Waals surface area contributed by atoms with Crippen molar-refractivity contribution in [3.05, 3.63) is 0 Å². The molecule has 0 aliphatic carbocycles. The molecule has 1 unspecified atom stereocenters. The predicted octanol–water partition coefficient (Wildman–Crippen LogP) is 3.25. The molecule has 17 heteroatoms. The average molecular weight is 559 g/mol. The zero-order valence-electron chi connectivity index (χ0n) is 12.2. The third kappa shape index (κ3) is 4.29. The van der Waals surface area contributed by atoms with E-state index in [9.17, 15) is 53.1 Å². The van der Waals surface area contributed by atoms with E-state index in [1.165, 1.54) is 0 Å². The summed E-state index contributed by atoms with van der Waals surface area (Å²) >= 11 is 5.08. The van der Waals surface area contributed by atoms with Crippen molar-refractivity contribution >= 4 is 37.8 Å². The van der Waals surface area contributed by atoms with Gasteiger partial charge in [0.1, 0.15) is 0 Å². The van der Waals surface area contributed by atoms with E-state index in [1.54, 1.807) is 0 Å². The maximum atomic E-state index is 13.9. The molecular formula is C10H8Br2F11NO3. The molecule has 0 aliphatic rings. The highest BCUT2D eigenvalue weighted by molar-refractivity contribution is 9.09. The number of halogens is 13. The number of alkyl halides is 13. The first kappa shape index (κ1) is 26.6. The van der Waals surface area contributed by atoms with Gasteiger partial charge in [0.15, 0.2) is 0 Å². The second-order valence-corrected chi connectivity index (χ2v) is 6.28. The van der Waals surface area contributed by atoms with Crippen molar-refractivity contribution in [2.75, 3.05) is 10.7 Å². The smallest absolute Gasteiger partial charge is 0.369 e. The van der Waals surface area contributed by atoms with Crippen LogP contribution in [0.4, 0.5) is 48.3 Å². The number of aliphatic hydroxyl groups is 2. The number of carbonyl (C=O) groups is 1. The Balaban J connectivity index is 6.71. The van der Waals surface area contributed by atoms with Gasteiger partial charge in [-0.05, 0) is 0 Å². The third-order valence-corrected chi connectivity index (χ3v) is 4.75. The first-order chi connectivity index (χ1) is 11.7. The van der Waals surface area contributed by atoms with Crippen molar-refractivity contribution in [3.63, 3.8) is 0 Å². The molecule has 0 aromatic rings. The molecule has 4 nitrogen and oxygen atoms in total. The Morgan fingerprint density at radius 3 is 1.33 bits per heavy atom. The maximum absolute atomic E-state index is 13.9. The molecule has 0 saturated heterocycles. The van der Waals surface area contributed by atoms with Crippen LogP contribution < -0.4 is 5.32 Å². The Morgan fingerprint density at radius 1 is 0.778 bits per heavy atom. The van der Waals surface area contributed by atoms with Gasteiger partial charge in [0, 0.05) is 10.7 Å². The van der Waals surface area contributed by atoms with E-state index in [4.69, 9.17) is 10.2 Å². The fourth-order valence-corrected chi connectivity index (χ4v) is 3.23. The highest BCUT2D eigenvalue weighted by Gasteiger charge is 2.91. The summed E-state index contributed by atoms with van der Waals surface area (Å²) in [5.74, 6) is -11.4. The molecule has 0 aliphatic heterocycles. The van der Waals surface area contributed by atoms with E-state index in [1.807, 2.05) is 0 Å². The zero-order valence-corrected chi connectivity index (χ0v) is 15.4. The molecule has 0 fully saturated rings. The number of carbonyl (C=O) groups excluding carboxylic acids is 1. The van der Waals surface area contributed by atoms with E-state index in [-0.39, 0.29) is 5.32 Å². The normalized spacial score (nSPS) is 17.0. The molecule has 0 spiro atoms. The van der Waals surface area contributed by atoms with Crippen molar-refractivity contribution in [3.8, 4) is 0 Å². The van der Waals surface area contributed by atoms with Crippen LogP contribution in [0.25, 0.3) is 0 Å². The standard InChI is InChI=1S/C10H8Br2F11NO3/c11-1-3(2-12)4(25)24-7(27,10(21,22)23)6(13,14)5(26,8(15,16)17)9(18,19)20/h3,26-27H,1-2H2,(H,24,25). The van der Waals surface area contributed by atoms with Gasteiger partial charge >= 0.3 is 35.8 Å². The van der Waals surface area contributed by atoms with Gasteiger partial charge in [0.25, 0.3) is 0 Å². The molecule has 1 amide bonds. The number of amides is 1. The molecule has 1 atom stereocenters. The highest BCUT2D eigenvalue weighted by atomic mass is 79.9. The molecule has 162 valence electrons. The highest BCUT2D eigenvalue weighted by Crippen LogP contribution is 2.57. The van der Waals surface area contributed by atoms with Gasteiger partial charge < -0.3 is 15.5 Å². The van der Waals surface area contributed by atoms with Gasteiger partial charge in [-0.15, -0.1) is 0 Å². The van der Waals surface area contributed by atoms with Crippen molar-refractivity contribution in [2.24, 2.45) is 5.92 Å². The minimum Gasteiger partial charge on any atom is -0.369 e. The molecular weight excluding hydrogens is 551 g/mol. The Morgan fingerprint density at radius 2 is 1.11 bits per heavy atom. The van der Waals surface area contributed by atoms with Crippen molar-refractivity contribution in [1.82, 2.24) is 5.32 Å². The number of hydrogen-bond donors (Lipinski definition) is 3. The summed E-state index contributed by atoms with van der Waals surface area (Å²) in [6, 6.07) is 0. The van der Waals surface area contributed by atoms with Crippen LogP contribution in [0.1, 0.15) is 0 Å². The van der Waals surface area contributed by atoms with E-state index in [0.717, 1.165) is 0 Å². The Labute approximate surface area is 159 Å². The van der Waals surface area contributed by atoms with E-state index in [2.05, 4.69) is 31.9 Å². The predicted molar refractivity (Wildman–Crippen MR) is 72.2 cm³/mol. The largest absolute Gasteiger partial charge is 0.443 e. The lowest BCUT2D eigenvalue weighted by molar-refractivity contribution is -0.468. The van der Waals surface area contributed by atoms with E-state index >= 15 is 0 Å². The van der Waals surface area contributed by atoms with Crippen LogP contribution in [-0.4, -0.2) is 62.6 Å². The fourth-order valence-electron chi connectivity index (χ4n) is 1.57. The average Bonchev–Trinajstić information content (AvgIpc) is 2.43. The molecule has 0 heterocycles. The Kier molecular flexibility index (Phi) is 7.66. The summed E-state index contributed by atoms with van der Waals surface area (Å²) < 4.78 is 142. The minimum absolute atomic E-state index is 0.0471. The van der Waals surface area contributed by atoms with Gasteiger partial charge in [-0.1, -0.05) is 31.9 Å². The maximum Gasteiger partial charge on any atom is 0.443 e. The molecule has 3 N–H and O–H groups in total. The van der Waals surface area contributed by atoms with Gasteiger partial charge in [0.05, 0.1) is 5.92 Å². The molecule has 0 radical (unpaired) electrons. The van der Waals surface area contributed by atoms with Crippen LogP contribution >= 0.6 is 31.9 Å². The van der Waals surface area contributed by atoms with Crippen LogP contribution in [0.2, 0.25) is 0 Å². The van der Waals surface area contributed by atoms with Crippen molar-refractivity contribution in [1.29, 1.82) is 0 Å². The van der Waals surface area contributed by atoms with Gasteiger partial charge in [-0.2, -0.15) is 48.3 Å². The first-order valence-electron chi connectivity index (χ1n) is 6.12. The summed E-state index contributed by atoms with van der Waals surface area (Å²) in [6.07, 6.45) is -21.8. The van der Waals surface area contributed by atoms with Crippen LogP contribution in [0, 0.1) is 5.92 Å². The third-order valence-electron chi connectivity index (χ3n) is 3.19. The van der Waals surface area contributed by atoms with Gasteiger partial charge in [-0.3, -0.25) is 4.79 Å². The number of hydrogen-bond acceptors (Lipinski definition) is 3. The van der Waals surface area contributed by atoms with Crippen LogP contribution in [0.5, 0.6) is 0 Å². The lowest BCUT2D eigenvalue weighted by atomic mass is 9.85. The summed E-state index contributed by atoms with van der Waals surface area (Å²) in [5, 5.41) is 16.7. The lowest BCUT2D eigenvalue weighted by Crippen LogP contribution is -2.81. The lowest BCUT2D eigenvalue weighted by Gasteiger charge is -2.46. The second kappa shape index (κ2) is 7.78. The van der Waals surface area contributed by atoms with Crippen LogP contribution in [0.15, 0.2) is 0 Å². The number of nitrogens with one attached hydrogen (secondary N) is 1. The van der Waals surface area contributed by atoms with Gasteiger partial charge in [-0.25, -0.2) is 0 Å². The van der Waals surface area contributed by atoms with E-state index < -0.39 is 58.3 Å². The Bertz CT molecular complexity index is 530. The number of rotatable bonds is 6. The second-order valence-electron chi connectivity index (χ2n) is 4.98. The SMILES string of the molecule is O=C(NC(O)(C(F)(F)F)C(F)(F)C(O)(C(F)(F)F)C(F)(F)F)C(CBr)CBr. The van der Waals surface area contributed by atoms with Crippen LogP contribution in [-0.2, 0) is 4.79 Å². The molecule has 0 aromatic carbocycles. The minimum atomic E-state index is -7.45.